The molecule has 0 amide bonds. The molecule has 0 radical (unpaired) electrons. The van der Waals surface area contributed by atoms with Crippen LogP contribution in [0, 0.1) is 6.92 Å². The first kappa shape index (κ1) is 13.0. The van der Waals surface area contributed by atoms with Crippen LogP contribution in [0.1, 0.15) is 11.4 Å². The van der Waals surface area contributed by atoms with Gasteiger partial charge >= 0.3 is 0 Å². The number of hydrogen-bond acceptors (Lipinski definition) is 3. The maximum atomic E-state index is 5.80. The summed E-state index contributed by atoms with van der Waals surface area (Å²) < 4.78 is 2.98. The molecule has 96 valence electrons. The second-order valence-electron chi connectivity index (χ2n) is 4.42. The van der Waals surface area contributed by atoms with Crippen molar-refractivity contribution in [2.45, 2.75) is 13.5 Å². The molecule has 4 nitrogen and oxygen atoms in total. The van der Waals surface area contributed by atoms with Crippen LogP contribution in [0.15, 0.2) is 28.7 Å². The number of hydrogen-bond donors (Lipinski definition) is 1. The van der Waals surface area contributed by atoms with Gasteiger partial charge in [-0.3, -0.25) is 4.68 Å². The van der Waals surface area contributed by atoms with E-state index in [4.69, 9.17) is 5.73 Å². The van der Waals surface area contributed by atoms with Crippen LogP contribution in [0.25, 0.3) is 0 Å². The number of rotatable bonds is 3. The molecule has 1 heterocycles. The van der Waals surface area contributed by atoms with E-state index in [0.29, 0.717) is 0 Å². The maximum absolute atomic E-state index is 5.80. The molecule has 2 N–H and O–H groups in total. The van der Waals surface area contributed by atoms with Crippen molar-refractivity contribution >= 4 is 27.3 Å². The molecule has 0 saturated carbocycles. The quantitative estimate of drug-likeness (QED) is 0.887. The van der Waals surface area contributed by atoms with Gasteiger partial charge in [-0.1, -0.05) is 6.07 Å². The Kier molecular flexibility index (Phi) is 3.61. The predicted molar refractivity (Wildman–Crippen MR) is 78.6 cm³/mol. The van der Waals surface area contributed by atoms with Gasteiger partial charge in [-0.25, -0.2) is 0 Å². The zero-order valence-electron chi connectivity index (χ0n) is 10.8. The van der Waals surface area contributed by atoms with Gasteiger partial charge in [0.25, 0.3) is 0 Å². The van der Waals surface area contributed by atoms with Gasteiger partial charge in [0.1, 0.15) is 0 Å². The maximum Gasteiger partial charge on any atom is 0.0739 e. The number of anilines is 2. The average molecular weight is 309 g/mol. The summed E-state index contributed by atoms with van der Waals surface area (Å²) in [5, 5.41) is 4.39. The van der Waals surface area contributed by atoms with E-state index in [9.17, 15) is 0 Å². The summed E-state index contributed by atoms with van der Waals surface area (Å²) >= 11 is 3.58. The fourth-order valence-corrected chi connectivity index (χ4v) is 2.39. The Morgan fingerprint density at radius 1 is 1.44 bits per heavy atom. The van der Waals surface area contributed by atoms with Gasteiger partial charge in [-0.15, -0.1) is 0 Å². The summed E-state index contributed by atoms with van der Waals surface area (Å²) in [6.07, 6.45) is 0. The Balaban J connectivity index is 2.24. The van der Waals surface area contributed by atoms with E-state index < -0.39 is 0 Å². The van der Waals surface area contributed by atoms with Gasteiger partial charge in [0, 0.05) is 25.5 Å². The van der Waals surface area contributed by atoms with Gasteiger partial charge in [0.2, 0.25) is 0 Å². The van der Waals surface area contributed by atoms with Crippen molar-refractivity contribution in [1.29, 1.82) is 0 Å². The zero-order valence-corrected chi connectivity index (χ0v) is 12.4. The second-order valence-corrected chi connectivity index (χ2v) is 5.21. The van der Waals surface area contributed by atoms with E-state index in [1.54, 1.807) is 0 Å². The van der Waals surface area contributed by atoms with Crippen molar-refractivity contribution in [3.8, 4) is 0 Å². The first-order valence-corrected chi connectivity index (χ1v) is 6.53. The van der Waals surface area contributed by atoms with Crippen molar-refractivity contribution in [2.24, 2.45) is 7.05 Å². The highest BCUT2D eigenvalue weighted by Crippen LogP contribution is 2.24. The van der Waals surface area contributed by atoms with Crippen molar-refractivity contribution in [3.05, 3.63) is 40.1 Å². The molecule has 1 aromatic carbocycles. The van der Waals surface area contributed by atoms with Gasteiger partial charge in [0.15, 0.2) is 0 Å². The number of benzene rings is 1. The lowest BCUT2D eigenvalue weighted by Crippen LogP contribution is -2.18. The van der Waals surface area contributed by atoms with E-state index in [2.05, 4.69) is 25.9 Å². The van der Waals surface area contributed by atoms with Crippen LogP contribution in [-0.2, 0) is 13.6 Å². The number of aromatic nitrogens is 2. The molecule has 0 aliphatic heterocycles. The zero-order chi connectivity index (χ0) is 13.3. The number of nitrogens with zero attached hydrogens (tertiary/aromatic N) is 3. The molecule has 18 heavy (non-hydrogen) atoms. The van der Waals surface area contributed by atoms with Crippen LogP contribution in [0.4, 0.5) is 11.4 Å². The molecular weight excluding hydrogens is 292 g/mol. The van der Waals surface area contributed by atoms with Crippen molar-refractivity contribution in [2.75, 3.05) is 17.7 Å². The molecule has 0 saturated heterocycles. The summed E-state index contributed by atoms with van der Waals surface area (Å²) in [6, 6.07) is 7.87. The number of nitrogen functional groups attached to an aromatic ring is 1. The molecule has 1 aromatic heterocycles. The minimum Gasteiger partial charge on any atom is -0.399 e. The highest BCUT2D eigenvalue weighted by Gasteiger charge is 2.13. The Morgan fingerprint density at radius 3 is 2.72 bits per heavy atom. The topological polar surface area (TPSA) is 47.1 Å². The predicted octanol–water partition coefficient (Wildman–Crippen LogP) is 2.71. The number of halogens is 1. The molecule has 5 heteroatoms. The summed E-state index contributed by atoms with van der Waals surface area (Å²) in [7, 11) is 4.00. The fourth-order valence-electron chi connectivity index (χ4n) is 1.93. The monoisotopic (exact) mass is 308 g/mol. The van der Waals surface area contributed by atoms with Gasteiger partial charge in [0.05, 0.1) is 22.4 Å². The summed E-state index contributed by atoms with van der Waals surface area (Å²) in [6.45, 7) is 2.77. The molecule has 0 bridgehead atoms. The largest absolute Gasteiger partial charge is 0.399 e. The molecule has 0 aliphatic carbocycles. The van der Waals surface area contributed by atoms with E-state index in [-0.39, 0.29) is 0 Å². The smallest absolute Gasteiger partial charge is 0.0739 e. The van der Waals surface area contributed by atoms with Crippen LogP contribution in [0.3, 0.4) is 0 Å². The first-order valence-electron chi connectivity index (χ1n) is 5.73. The Morgan fingerprint density at radius 2 is 2.17 bits per heavy atom. The minimum atomic E-state index is 0.777. The molecular formula is C13H17BrN4. The van der Waals surface area contributed by atoms with Crippen LogP contribution in [0.5, 0.6) is 0 Å². The lowest BCUT2D eigenvalue weighted by atomic mass is 10.2. The summed E-state index contributed by atoms with van der Waals surface area (Å²) in [5.74, 6) is 0. The Labute approximate surface area is 116 Å². The average Bonchev–Trinajstić information content (AvgIpc) is 2.56. The number of aryl methyl sites for hydroxylation is 2. The Bertz CT molecular complexity index is 562. The molecule has 2 rings (SSSR count). The highest BCUT2D eigenvalue weighted by molar-refractivity contribution is 9.10. The lowest BCUT2D eigenvalue weighted by Gasteiger charge is -2.20. The molecule has 2 aromatic rings. The van der Waals surface area contributed by atoms with Crippen LogP contribution < -0.4 is 10.6 Å². The molecule has 0 unspecified atom stereocenters. The van der Waals surface area contributed by atoms with E-state index in [1.807, 2.05) is 50.0 Å². The normalized spacial score (nSPS) is 10.7. The molecule has 0 fully saturated rings. The summed E-state index contributed by atoms with van der Waals surface area (Å²) in [4.78, 5) is 2.15. The van der Waals surface area contributed by atoms with E-state index >= 15 is 0 Å². The first-order chi connectivity index (χ1) is 8.49. The van der Waals surface area contributed by atoms with Crippen molar-refractivity contribution in [1.82, 2.24) is 9.78 Å². The molecule has 0 spiro atoms. The third kappa shape index (κ3) is 2.51. The summed E-state index contributed by atoms with van der Waals surface area (Å²) in [5.41, 5.74) is 9.83. The third-order valence-corrected chi connectivity index (χ3v) is 3.99. The molecule has 0 aliphatic rings. The highest BCUT2D eigenvalue weighted by atomic mass is 79.9. The van der Waals surface area contributed by atoms with Crippen LogP contribution in [-0.4, -0.2) is 16.8 Å². The van der Waals surface area contributed by atoms with Gasteiger partial charge < -0.3 is 10.6 Å². The third-order valence-electron chi connectivity index (χ3n) is 2.96. The van der Waals surface area contributed by atoms with Gasteiger partial charge in [-0.05, 0) is 41.1 Å². The standard InChI is InChI=1S/C13H17BrN4/c1-9-13(14)12(18(3)16-9)8-17(2)11-6-4-5-10(15)7-11/h4-7H,8,15H2,1-3H3. The Hall–Kier alpha value is -1.49. The second kappa shape index (κ2) is 5.02. The van der Waals surface area contributed by atoms with Crippen molar-refractivity contribution in [3.63, 3.8) is 0 Å². The van der Waals surface area contributed by atoms with Crippen molar-refractivity contribution < 1.29 is 0 Å². The van der Waals surface area contributed by atoms with Gasteiger partial charge in [-0.2, -0.15) is 5.10 Å². The fraction of sp³-hybridized carbons (Fsp3) is 0.308. The minimum absolute atomic E-state index is 0.777. The van der Waals surface area contributed by atoms with E-state index in [1.165, 1.54) is 0 Å². The lowest BCUT2D eigenvalue weighted by molar-refractivity contribution is 0.693. The van der Waals surface area contributed by atoms with E-state index in [0.717, 1.165) is 33.8 Å². The SMILES string of the molecule is Cc1nn(C)c(CN(C)c2cccc(N)c2)c1Br. The van der Waals surface area contributed by atoms with Crippen LogP contribution >= 0.6 is 15.9 Å². The molecule has 0 atom stereocenters. The van der Waals surface area contributed by atoms with Crippen LogP contribution in [0.2, 0.25) is 0 Å². The number of nitrogens with two attached hydrogens (primary N) is 1.